The topological polar surface area (TPSA) is 183 Å². The highest BCUT2D eigenvalue weighted by molar-refractivity contribution is 7.98. The fraction of sp³-hybridized carbons (Fsp3) is 0.150. The summed E-state index contributed by atoms with van der Waals surface area (Å²) in [5, 5.41) is 13.0. The Labute approximate surface area is 191 Å². The fourth-order valence-corrected chi connectivity index (χ4v) is 5.75. The number of anilines is 1. The van der Waals surface area contributed by atoms with Crippen LogP contribution < -0.4 is 33.3 Å². The maximum atomic E-state index is 13.1. The number of aromatic nitrogens is 2. The van der Waals surface area contributed by atoms with Gasteiger partial charge in [0.05, 0.1) is 31.5 Å². The van der Waals surface area contributed by atoms with E-state index in [4.69, 9.17) is 22.6 Å². The van der Waals surface area contributed by atoms with Crippen LogP contribution in [0.25, 0.3) is 22.4 Å². The second-order valence-corrected chi connectivity index (χ2v) is 9.34. The van der Waals surface area contributed by atoms with Gasteiger partial charge in [-0.05, 0) is 53.4 Å². The van der Waals surface area contributed by atoms with Gasteiger partial charge in [0.15, 0.2) is 5.84 Å². The predicted molar refractivity (Wildman–Crippen MR) is 128 cm³/mol. The van der Waals surface area contributed by atoms with Crippen LogP contribution in [-0.4, -0.2) is 38.4 Å². The Bertz CT molecular complexity index is 1200. The molecule has 0 spiro atoms. The summed E-state index contributed by atoms with van der Waals surface area (Å²) < 4.78 is 13.1. The summed E-state index contributed by atoms with van der Waals surface area (Å²) >= 11 is 0.982. The molecule has 0 radical (unpaired) electrons. The highest BCUT2D eigenvalue weighted by Gasteiger charge is 2.29. The van der Waals surface area contributed by atoms with Crippen molar-refractivity contribution in [2.45, 2.75) is 15.0 Å². The largest absolute Gasteiger partial charge is 0.383 e. The number of hydrogen-bond acceptors (Lipinski definition) is 10. The molecule has 1 aliphatic rings. The Hall–Kier alpha value is -3.03. The van der Waals surface area contributed by atoms with E-state index in [1.54, 1.807) is 18.5 Å². The summed E-state index contributed by atoms with van der Waals surface area (Å²) in [6, 6.07) is 11.1. The number of nitrogen functional groups attached to an aromatic ring is 1. The van der Waals surface area contributed by atoms with Crippen molar-refractivity contribution in [2.75, 3.05) is 18.8 Å². The molecular weight excluding hydrogens is 446 g/mol. The van der Waals surface area contributed by atoms with Crippen molar-refractivity contribution in [3.05, 3.63) is 54.4 Å². The third kappa shape index (κ3) is 4.06. The summed E-state index contributed by atoms with van der Waals surface area (Å²) in [6.07, 6.45) is 3.30. The Balaban J connectivity index is 1.90. The van der Waals surface area contributed by atoms with Crippen LogP contribution in [0.15, 0.2) is 63.7 Å². The summed E-state index contributed by atoms with van der Waals surface area (Å²) in [4.78, 5) is 9.78. The molecule has 12 heteroatoms. The SMILES string of the molecule is N/N=C(\NN)c1c(-c2ccnc(-c3cccnc3N)c2)ccc(S(=O)C2CNC2)c1SN. The van der Waals surface area contributed by atoms with E-state index in [2.05, 4.69) is 25.8 Å². The zero-order valence-corrected chi connectivity index (χ0v) is 18.6. The van der Waals surface area contributed by atoms with Crippen molar-refractivity contribution < 1.29 is 4.21 Å². The van der Waals surface area contributed by atoms with Gasteiger partial charge in [0.2, 0.25) is 0 Å². The third-order valence-electron chi connectivity index (χ3n) is 5.19. The Kier molecular flexibility index (Phi) is 6.67. The lowest BCUT2D eigenvalue weighted by Gasteiger charge is -2.27. The highest BCUT2D eigenvalue weighted by atomic mass is 32.2. The minimum Gasteiger partial charge on any atom is -0.383 e. The van der Waals surface area contributed by atoms with Crippen LogP contribution in [0.3, 0.4) is 0 Å². The molecule has 0 saturated carbocycles. The van der Waals surface area contributed by atoms with Crippen LogP contribution in [0.5, 0.6) is 0 Å². The fourth-order valence-electron chi connectivity index (χ4n) is 3.46. The van der Waals surface area contributed by atoms with Crippen molar-refractivity contribution in [2.24, 2.45) is 21.9 Å². The van der Waals surface area contributed by atoms with Crippen molar-refractivity contribution >= 4 is 34.4 Å². The number of benzene rings is 1. The van der Waals surface area contributed by atoms with Gasteiger partial charge in [0.25, 0.3) is 0 Å². The van der Waals surface area contributed by atoms with Crippen LogP contribution >= 0.6 is 11.9 Å². The third-order valence-corrected chi connectivity index (χ3v) is 7.69. The van der Waals surface area contributed by atoms with E-state index in [1.165, 1.54) is 0 Å². The first-order chi connectivity index (χ1) is 15.6. The molecule has 2 aromatic heterocycles. The summed E-state index contributed by atoms with van der Waals surface area (Å²) in [6.45, 7) is 1.37. The van der Waals surface area contributed by atoms with E-state index in [0.717, 1.165) is 23.1 Å². The minimum atomic E-state index is -1.25. The molecule has 0 aliphatic carbocycles. The van der Waals surface area contributed by atoms with Crippen molar-refractivity contribution in [1.82, 2.24) is 20.7 Å². The van der Waals surface area contributed by atoms with Gasteiger partial charge in [-0.3, -0.25) is 14.3 Å². The lowest BCUT2D eigenvalue weighted by molar-refractivity contribution is 0.525. The standard InChI is InChI=1S/C20H23N9OS2/c21-19-14(2-1-6-27-19)15-8-11(5-7-26-15)13-3-4-16(32(30)12-9-25-10-12)18(31-24)17(13)20(28-22)29-23/h1-8,12,25H,9-10,22-24H2,(H2,21,27)(H,28,29). The molecular formula is C20H23N9OS2. The maximum Gasteiger partial charge on any atom is 0.168 e. The lowest BCUT2D eigenvalue weighted by atomic mass is 9.98. The molecule has 1 aliphatic heterocycles. The first-order valence-electron chi connectivity index (χ1n) is 9.66. The van der Waals surface area contributed by atoms with Crippen LogP contribution in [-0.2, 0) is 10.8 Å². The number of nitrogens with zero attached hydrogens (tertiary/aromatic N) is 3. The smallest absolute Gasteiger partial charge is 0.168 e. The molecule has 1 saturated heterocycles. The summed E-state index contributed by atoms with van der Waals surface area (Å²) in [5.41, 5.74) is 12.1. The monoisotopic (exact) mass is 469 g/mol. The van der Waals surface area contributed by atoms with Crippen molar-refractivity contribution in [3.63, 3.8) is 0 Å². The molecule has 166 valence electrons. The zero-order valence-electron chi connectivity index (χ0n) is 17.0. The number of rotatable bonds is 6. The van der Waals surface area contributed by atoms with Crippen molar-refractivity contribution in [1.29, 1.82) is 0 Å². The molecule has 1 unspecified atom stereocenters. The molecule has 1 aromatic carbocycles. The number of nitrogens with two attached hydrogens (primary N) is 4. The van der Waals surface area contributed by atoms with Crippen LogP contribution in [0.2, 0.25) is 0 Å². The second-order valence-electron chi connectivity index (χ2n) is 7.00. The Morgan fingerprint density at radius 2 is 2.00 bits per heavy atom. The zero-order chi connectivity index (χ0) is 22.7. The number of amidine groups is 1. The van der Waals surface area contributed by atoms with E-state index in [1.807, 2.05) is 30.3 Å². The maximum absolute atomic E-state index is 13.1. The van der Waals surface area contributed by atoms with Gasteiger partial charge in [-0.25, -0.2) is 10.8 Å². The van der Waals surface area contributed by atoms with Crippen LogP contribution in [0.1, 0.15) is 5.56 Å². The van der Waals surface area contributed by atoms with Crippen LogP contribution in [0.4, 0.5) is 5.82 Å². The van der Waals surface area contributed by atoms with E-state index >= 15 is 0 Å². The quantitative estimate of drug-likeness (QED) is 0.0978. The van der Waals surface area contributed by atoms with Gasteiger partial charge in [-0.1, -0.05) is 6.07 Å². The lowest BCUT2D eigenvalue weighted by Crippen LogP contribution is -2.49. The molecule has 3 aromatic rings. The van der Waals surface area contributed by atoms with E-state index in [0.29, 0.717) is 45.5 Å². The summed E-state index contributed by atoms with van der Waals surface area (Å²) in [7, 11) is -1.25. The number of hydrazone groups is 1. The number of pyridine rings is 2. The van der Waals surface area contributed by atoms with Gasteiger partial charge in [0.1, 0.15) is 5.82 Å². The average molecular weight is 470 g/mol. The number of hydrogen-bond donors (Lipinski definition) is 6. The number of hydrazine groups is 1. The van der Waals surface area contributed by atoms with E-state index in [9.17, 15) is 4.21 Å². The summed E-state index contributed by atoms with van der Waals surface area (Å²) in [5.74, 6) is 11.9. The molecule has 32 heavy (non-hydrogen) atoms. The van der Waals surface area contributed by atoms with Gasteiger partial charge < -0.3 is 22.3 Å². The van der Waals surface area contributed by atoms with E-state index < -0.39 is 10.8 Å². The molecule has 4 rings (SSSR count). The van der Waals surface area contributed by atoms with Gasteiger partial charge in [-0.2, -0.15) is 5.10 Å². The normalized spacial score (nSPS) is 15.2. The Morgan fingerprint density at radius 3 is 2.62 bits per heavy atom. The van der Waals surface area contributed by atoms with Gasteiger partial charge in [0, 0.05) is 36.6 Å². The molecule has 10 nitrogen and oxygen atoms in total. The van der Waals surface area contributed by atoms with Gasteiger partial charge >= 0.3 is 0 Å². The molecule has 0 bridgehead atoms. The second kappa shape index (κ2) is 9.63. The Morgan fingerprint density at radius 1 is 1.19 bits per heavy atom. The number of nitrogens with one attached hydrogen (secondary N) is 2. The first-order valence-corrected chi connectivity index (χ1v) is 11.8. The molecule has 1 atom stereocenters. The van der Waals surface area contributed by atoms with E-state index in [-0.39, 0.29) is 11.1 Å². The molecule has 3 heterocycles. The average Bonchev–Trinajstić information content (AvgIpc) is 2.78. The minimum absolute atomic E-state index is 0.0183. The van der Waals surface area contributed by atoms with Crippen LogP contribution in [0, 0.1) is 0 Å². The highest BCUT2D eigenvalue weighted by Crippen LogP contribution is 2.37. The van der Waals surface area contributed by atoms with Gasteiger partial charge in [-0.15, -0.1) is 0 Å². The van der Waals surface area contributed by atoms with Crippen molar-refractivity contribution in [3.8, 4) is 22.4 Å². The predicted octanol–water partition coefficient (Wildman–Crippen LogP) is 0.522. The molecule has 10 N–H and O–H groups in total. The molecule has 0 amide bonds. The molecule has 1 fully saturated rings. The first kappa shape index (κ1) is 22.2.